The maximum atomic E-state index is 5.93. The van der Waals surface area contributed by atoms with Crippen LogP contribution in [0.5, 0.6) is 0 Å². The highest BCUT2D eigenvalue weighted by Crippen LogP contribution is 2.23. The van der Waals surface area contributed by atoms with Crippen LogP contribution in [0.1, 0.15) is 18.1 Å². The number of nitrogens with zero attached hydrogens (tertiary/aromatic N) is 2. The highest BCUT2D eigenvalue weighted by atomic mass is 15.2. The molecule has 3 heteroatoms. The van der Waals surface area contributed by atoms with Crippen LogP contribution < -0.4 is 10.6 Å². The van der Waals surface area contributed by atoms with Gasteiger partial charge in [0.2, 0.25) is 0 Å². The van der Waals surface area contributed by atoms with E-state index in [9.17, 15) is 0 Å². The zero-order valence-electron chi connectivity index (χ0n) is 12.7. The lowest BCUT2D eigenvalue weighted by atomic mass is 10.1. The third-order valence-electron chi connectivity index (χ3n) is 4.31. The zero-order valence-corrected chi connectivity index (χ0v) is 12.7. The Morgan fingerprint density at radius 1 is 1.16 bits per heavy atom. The van der Waals surface area contributed by atoms with E-state index in [0.717, 1.165) is 26.2 Å². The van der Waals surface area contributed by atoms with E-state index in [1.54, 1.807) is 0 Å². The molecule has 2 N–H and O–H groups in total. The van der Waals surface area contributed by atoms with Crippen LogP contribution in [0.15, 0.2) is 18.2 Å². The molecule has 0 aliphatic carbocycles. The Morgan fingerprint density at radius 2 is 1.89 bits per heavy atom. The van der Waals surface area contributed by atoms with E-state index < -0.39 is 0 Å². The SMILES string of the molecule is Cc1ccc(N2CC(C)CN(C)C(CN)C2)cc1C. The highest BCUT2D eigenvalue weighted by Gasteiger charge is 2.25. The first-order valence-corrected chi connectivity index (χ1v) is 7.23. The molecule has 1 aromatic carbocycles. The summed E-state index contributed by atoms with van der Waals surface area (Å²) >= 11 is 0. The fourth-order valence-corrected chi connectivity index (χ4v) is 2.93. The predicted molar refractivity (Wildman–Crippen MR) is 82.8 cm³/mol. The van der Waals surface area contributed by atoms with Crippen LogP contribution in [0.3, 0.4) is 0 Å². The zero-order chi connectivity index (χ0) is 14.0. The van der Waals surface area contributed by atoms with Gasteiger partial charge in [0, 0.05) is 37.9 Å². The Hall–Kier alpha value is -1.06. The molecule has 0 saturated carbocycles. The van der Waals surface area contributed by atoms with Crippen molar-refractivity contribution in [1.29, 1.82) is 0 Å². The first-order chi connectivity index (χ1) is 9.01. The smallest absolute Gasteiger partial charge is 0.0390 e. The van der Waals surface area contributed by atoms with E-state index in [1.165, 1.54) is 16.8 Å². The summed E-state index contributed by atoms with van der Waals surface area (Å²) in [5.41, 5.74) is 10.00. The molecule has 3 nitrogen and oxygen atoms in total. The molecule has 19 heavy (non-hydrogen) atoms. The number of hydrogen-bond donors (Lipinski definition) is 1. The second-order valence-corrected chi connectivity index (χ2v) is 6.11. The molecule has 1 saturated heterocycles. The molecule has 1 fully saturated rings. The first-order valence-electron chi connectivity index (χ1n) is 7.23. The van der Waals surface area contributed by atoms with Crippen molar-refractivity contribution in [3.63, 3.8) is 0 Å². The Labute approximate surface area is 117 Å². The van der Waals surface area contributed by atoms with E-state index in [1.807, 2.05) is 0 Å². The van der Waals surface area contributed by atoms with E-state index in [-0.39, 0.29) is 0 Å². The van der Waals surface area contributed by atoms with Gasteiger partial charge in [0.05, 0.1) is 0 Å². The third kappa shape index (κ3) is 3.28. The summed E-state index contributed by atoms with van der Waals surface area (Å²) in [6.45, 7) is 10.7. The van der Waals surface area contributed by atoms with Crippen LogP contribution >= 0.6 is 0 Å². The number of nitrogens with two attached hydrogens (primary N) is 1. The lowest BCUT2D eigenvalue weighted by Gasteiger charge is -2.29. The van der Waals surface area contributed by atoms with Gasteiger partial charge in [-0.2, -0.15) is 0 Å². The fourth-order valence-electron chi connectivity index (χ4n) is 2.93. The summed E-state index contributed by atoms with van der Waals surface area (Å²) in [5.74, 6) is 0.670. The Morgan fingerprint density at radius 3 is 2.53 bits per heavy atom. The van der Waals surface area contributed by atoms with Gasteiger partial charge in [-0.1, -0.05) is 13.0 Å². The number of hydrogen-bond acceptors (Lipinski definition) is 3. The molecule has 1 aliphatic rings. The minimum absolute atomic E-state index is 0.451. The van der Waals surface area contributed by atoms with Crippen molar-refractivity contribution in [3.05, 3.63) is 29.3 Å². The minimum Gasteiger partial charge on any atom is -0.370 e. The van der Waals surface area contributed by atoms with Crippen molar-refractivity contribution in [3.8, 4) is 0 Å². The van der Waals surface area contributed by atoms with Crippen LogP contribution in [-0.2, 0) is 0 Å². The summed E-state index contributed by atoms with van der Waals surface area (Å²) in [6.07, 6.45) is 0. The first kappa shape index (κ1) is 14.4. The maximum absolute atomic E-state index is 5.93. The van der Waals surface area contributed by atoms with Gasteiger partial charge in [-0.15, -0.1) is 0 Å². The topological polar surface area (TPSA) is 32.5 Å². The standard InChI is InChI=1S/C16H27N3/c1-12-9-18(4)16(8-17)11-19(10-12)15-6-5-13(2)14(3)7-15/h5-7,12,16H,8-11,17H2,1-4H3. The summed E-state index contributed by atoms with van der Waals surface area (Å²) in [5, 5.41) is 0. The van der Waals surface area contributed by atoms with Crippen LogP contribution in [0, 0.1) is 19.8 Å². The Bertz CT molecular complexity index is 430. The summed E-state index contributed by atoms with van der Waals surface area (Å²) in [6, 6.07) is 7.22. The second kappa shape index (κ2) is 5.93. The maximum Gasteiger partial charge on any atom is 0.0390 e. The Kier molecular flexibility index (Phi) is 4.48. The molecule has 1 aliphatic heterocycles. The van der Waals surface area contributed by atoms with Crippen molar-refractivity contribution < 1.29 is 0 Å². The van der Waals surface area contributed by atoms with E-state index in [2.05, 4.69) is 55.8 Å². The van der Waals surface area contributed by atoms with Crippen LogP contribution in [-0.4, -0.2) is 44.2 Å². The average molecular weight is 261 g/mol. The lowest BCUT2D eigenvalue weighted by Crippen LogP contribution is -2.44. The molecule has 0 radical (unpaired) electrons. The van der Waals surface area contributed by atoms with Gasteiger partial charge in [-0.3, -0.25) is 0 Å². The molecule has 2 atom stereocenters. The van der Waals surface area contributed by atoms with Gasteiger partial charge in [-0.05, 0) is 50.1 Å². The van der Waals surface area contributed by atoms with Gasteiger partial charge in [0.1, 0.15) is 0 Å². The third-order valence-corrected chi connectivity index (χ3v) is 4.31. The van der Waals surface area contributed by atoms with Gasteiger partial charge in [0.25, 0.3) is 0 Å². The quantitative estimate of drug-likeness (QED) is 0.884. The number of benzene rings is 1. The fraction of sp³-hybridized carbons (Fsp3) is 0.625. The average Bonchev–Trinajstić information content (AvgIpc) is 2.51. The molecule has 2 unspecified atom stereocenters. The molecule has 0 bridgehead atoms. The van der Waals surface area contributed by atoms with Gasteiger partial charge in [0.15, 0.2) is 0 Å². The second-order valence-electron chi connectivity index (χ2n) is 6.11. The molecule has 1 heterocycles. The molecular weight excluding hydrogens is 234 g/mol. The highest BCUT2D eigenvalue weighted by molar-refractivity contribution is 5.51. The minimum atomic E-state index is 0.451. The summed E-state index contributed by atoms with van der Waals surface area (Å²) in [7, 11) is 2.19. The normalized spacial score (nSPS) is 25.4. The molecule has 0 aromatic heterocycles. The predicted octanol–water partition coefficient (Wildman–Crippen LogP) is 2.02. The van der Waals surface area contributed by atoms with Crippen molar-refractivity contribution in [2.24, 2.45) is 11.7 Å². The summed E-state index contributed by atoms with van der Waals surface area (Å²) < 4.78 is 0. The van der Waals surface area contributed by atoms with Crippen LogP contribution in [0.4, 0.5) is 5.69 Å². The van der Waals surface area contributed by atoms with Crippen molar-refractivity contribution in [2.45, 2.75) is 26.8 Å². The molecule has 0 amide bonds. The van der Waals surface area contributed by atoms with Crippen molar-refractivity contribution in [1.82, 2.24) is 4.90 Å². The molecule has 2 rings (SSSR count). The van der Waals surface area contributed by atoms with Gasteiger partial charge >= 0.3 is 0 Å². The van der Waals surface area contributed by atoms with E-state index in [4.69, 9.17) is 5.73 Å². The number of rotatable bonds is 2. The number of aryl methyl sites for hydroxylation is 2. The Balaban J connectivity index is 2.23. The van der Waals surface area contributed by atoms with Crippen molar-refractivity contribution in [2.75, 3.05) is 38.1 Å². The van der Waals surface area contributed by atoms with Gasteiger partial charge in [-0.25, -0.2) is 0 Å². The van der Waals surface area contributed by atoms with Crippen LogP contribution in [0.2, 0.25) is 0 Å². The van der Waals surface area contributed by atoms with Crippen LogP contribution in [0.25, 0.3) is 0 Å². The number of anilines is 1. The largest absolute Gasteiger partial charge is 0.370 e. The lowest BCUT2D eigenvalue weighted by molar-refractivity contribution is 0.244. The van der Waals surface area contributed by atoms with Gasteiger partial charge < -0.3 is 15.5 Å². The monoisotopic (exact) mass is 261 g/mol. The van der Waals surface area contributed by atoms with Crippen molar-refractivity contribution >= 4 is 5.69 Å². The molecule has 0 spiro atoms. The van der Waals surface area contributed by atoms with E-state index >= 15 is 0 Å². The molecule has 1 aromatic rings. The molecule has 106 valence electrons. The summed E-state index contributed by atoms with van der Waals surface area (Å²) in [4.78, 5) is 4.91. The van der Waals surface area contributed by atoms with E-state index in [0.29, 0.717) is 12.0 Å². The molecular formula is C16H27N3. The number of likely N-dealkylation sites (N-methyl/N-ethyl adjacent to an activating group) is 1.